The molecule has 1 unspecified atom stereocenters. The van der Waals surface area contributed by atoms with Crippen molar-refractivity contribution in [2.75, 3.05) is 19.8 Å². The molecule has 0 spiro atoms. The van der Waals surface area contributed by atoms with Crippen LogP contribution in [0.4, 0.5) is 0 Å². The zero-order valence-electron chi connectivity index (χ0n) is 11.2. The molecule has 2 N–H and O–H groups in total. The van der Waals surface area contributed by atoms with Gasteiger partial charge in [-0.2, -0.15) is 0 Å². The normalized spacial score (nSPS) is 18.6. The molecule has 17 heavy (non-hydrogen) atoms. The zero-order chi connectivity index (χ0) is 12.9. The van der Waals surface area contributed by atoms with Crippen molar-refractivity contribution in [2.45, 2.75) is 46.1 Å². The number of rotatable bonds is 6. The fraction of sp³-hybridized carbons (Fsp3) is 0.923. The molecule has 0 radical (unpaired) electrons. The van der Waals surface area contributed by atoms with Crippen LogP contribution in [-0.2, 0) is 14.3 Å². The van der Waals surface area contributed by atoms with Gasteiger partial charge >= 0.3 is 5.97 Å². The standard InChI is InChI=1S/C13H25NO3/c1-13(2,3)10(6-7-14)4-5-12(15)17-11-8-16-9-11/h10-11H,4-9,14H2,1-3H3. The molecule has 0 bridgehead atoms. The van der Waals surface area contributed by atoms with Crippen molar-refractivity contribution >= 4 is 5.97 Å². The summed E-state index contributed by atoms with van der Waals surface area (Å²) < 4.78 is 10.2. The summed E-state index contributed by atoms with van der Waals surface area (Å²) in [7, 11) is 0. The van der Waals surface area contributed by atoms with Crippen molar-refractivity contribution in [3.05, 3.63) is 0 Å². The lowest BCUT2D eigenvalue weighted by atomic mass is 9.76. The van der Waals surface area contributed by atoms with Crippen LogP contribution in [0.2, 0.25) is 0 Å². The van der Waals surface area contributed by atoms with E-state index in [9.17, 15) is 4.79 Å². The van der Waals surface area contributed by atoms with Gasteiger partial charge in [-0.25, -0.2) is 0 Å². The smallest absolute Gasteiger partial charge is 0.306 e. The van der Waals surface area contributed by atoms with Crippen LogP contribution in [0.25, 0.3) is 0 Å². The molecule has 0 aliphatic carbocycles. The number of ether oxygens (including phenoxy) is 2. The summed E-state index contributed by atoms with van der Waals surface area (Å²) in [5.41, 5.74) is 5.80. The topological polar surface area (TPSA) is 61.6 Å². The van der Waals surface area contributed by atoms with Gasteiger partial charge in [0.1, 0.15) is 6.10 Å². The third kappa shape index (κ3) is 5.04. The second kappa shape index (κ2) is 6.36. The van der Waals surface area contributed by atoms with Crippen molar-refractivity contribution < 1.29 is 14.3 Å². The van der Waals surface area contributed by atoms with Gasteiger partial charge in [0.05, 0.1) is 13.2 Å². The Morgan fingerprint density at radius 1 is 1.41 bits per heavy atom. The molecule has 0 saturated carbocycles. The summed E-state index contributed by atoms with van der Waals surface area (Å²) in [6.07, 6.45) is 2.29. The first-order valence-electron chi connectivity index (χ1n) is 6.40. The van der Waals surface area contributed by atoms with Crippen molar-refractivity contribution in [1.82, 2.24) is 0 Å². The van der Waals surface area contributed by atoms with E-state index in [0.717, 1.165) is 12.8 Å². The van der Waals surface area contributed by atoms with E-state index in [1.165, 1.54) is 0 Å². The molecule has 1 aliphatic rings. The highest BCUT2D eigenvalue weighted by Gasteiger charge is 2.26. The van der Waals surface area contributed by atoms with Gasteiger partial charge in [-0.3, -0.25) is 4.79 Å². The Balaban J connectivity index is 2.27. The van der Waals surface area contributed by atoms with E-state index in [-0.39, 0.29) is 17.5 Å². The van der Waals surface area contributed by atoms with Gasteiger partial charge in [-0.1, -0.05) is 20.8 Å². The molecule has 0 aromatic carbocycles. The Bertz CT molecular complexity index is 244. The van der Waals surface area contributed by atoms with Gasteiger partial charge in [0, 0.05) is 6.42 Å². The molecule has 100 valence electrons. The van der Waals surface area contributed by atoms with Gasteiger partial charge < -0.3 is 15.2 Å². The molecule has 1 rings (SSSR count). The maximum atomic E-state index is 11.6. The van der Waals surface area contributed by atoms with E-state index in [1.54, 1.807) is 0 Å². The molecule has 1 fully saturated rings. The molecule has 0 amide bonds. The van der Waals surface area contributed by atoms with Crippen LogP contribution in [0.5, 0.6) is 0 Å². The minimum atomic E-state index is -0.107. The van der Waals surface area contributed by atoms with E-state index in [1.807, 2.05) is 0 Å². The van der Waals surface area contributed by atoms with Gasteiger partial charge in [-0.15, -0.1) is 0 Å². The average Bonchev–Trinajstić information content (AvgIpc) is 2.16. The van der Waals surface area contributed by atoms with Gasteiger partial charge in [0.15, 0.2) is 0 Å². The van der Waals surface area contributed by atoms with Crippen LogP contribution >= 0.6 is 0 Å². The molecule has 0 aromatic heterocycles. The first-order valence-corrected chi connectivity index (χ1v) is 6.40. The Hall–Kier alpha value is -0.610. The molecule has 1 saturated heterocycles. The lowest BCUT2D eigenvalue weighted by Gasteiger charge is -2.31. The molecule has 1 aliphatic heterocycles. The van der Waals surface area contributed by atoms with Crippen LogP contribution in [0.3, 0.4) is 0 Å². The second-order valence-electron chi connectivity index (χ2n) is 5.83. The predicted molar refractivity (Wildman–Crippen MR) is 66.5 cm³/mol. The summed E-state index contributed by atoms with van der Waals surface area (Å²) in [5, 5.41) is 0. The molecule has 1 atom stereocenters. The minimum absolute atomic E-state index is 0.00917. The Labute approximate surface area is 104 Å². The van der Waals surface area contributed by atoms with Crippen LogP contribution in [0, 0.1) is 11.3 Å². The van der Waals surface area contributed by atoms with Crippen LogP contribution < -0.4 is 5.73 Å². The maximum absolute atomic E-state index is 11.6. The van der Waals surface area contributed by atoms with Crippen molar-refractivity contribution in [3.63, 3.8) is 0 Å². The van der Waals surface area contributed by atoms with Crippen LogP contribution in [0.15, 0.2) is 0 Å². The van der Waals surface area contributed by atoms with Crippen LogP contribution in [-0.4, -0.2) is 31.8 Å². The Morgan fingerprint density at radius 2 is 2.06 bits per heavy atom. The highest BCUT2D eigenvalue weighted by Crippen LogP contribution is 2.32. The highest BCUT2D eigenvalue weighted by atomic mass is 16.6. The number of carbonyl (C=O) groups excluding carboxylic acids is 1. The van der Waals surface area contributed by atoms with Crippen molar-refractivity contribution in [3.8, 4) is 0 Å². The molecule has 4 nitrogen and oxygen atoms in total. The summed E-state index contributed by atoms with van der Waals surface area (Å²) in [6.45, 7) is 8.36. The van der Waals surface area contributed by atoms with Crippen molar-refractivity contribution in [2.24, 2.45) is 17.1 Å². The highest BCUT2D eigenvalue weighted by molar-refractivity contribution is 5.69. The summed E-state index contributed by atoms with van der Waals surface area (Å²) in [4.78, 5) is 11.6. The maximum Gasteiger partial charge on any atom is 0.306 e. The summed E-state index contributed by atoms with van der Waals surface area (Å²) in [6, 6.07) is 0. The molecule has 4 heteroatoms. The molecule has 1 heterocycles. The van der Waals surface area contributed by atoms with Gasteiger partial charge in [0.25, 0.3) is 0 Å². The molecule has 0 aromatic rings. The number of esters is 1. The van der Waals surface area contributed by atoms with E-state index in [0.29, 0.717) is 32.1 Å². The van der Waals surface area contributed by atoms with Gasteiger partial charge in [0.2, 0.25) is 0 Å². The lowest BCUT2D eigenvalue weighted by Crippen LogP contribution is -2.38. The zero-order valence-corrected chi connectivity index (χ0v) is 11.2. The first kappa shape index (κ1) is 14.5. The number of nitrogens with two attached hydrogens (primary N) is 1. The van der Waals surface area contributed by atoms with Gasteiger partial charge in [-0.05, 0) is 30.7 Å². The number of hydrogen-bond acceptors (Lipinski definition) is 4. The third-order valence-electron chi connectivity index (χ3n) is 3.34. The van der Waals surface area contributed by atoms with Crippen LogP contribution in [0.1, 0.15) is 40.0 Å². The number of carbonyl (C=O) groups is 1. The summed E-state index contributed by atoms with van der Waals surface area (Å²) in [5.74, 6) is 0.363. The largest absolute Gasteiger partial charge is 0.457 e. The Kier molecular flexibility index (Phi) is 5.40. The van der Waals surface area contributed by atoms with E-state index in [4.69, 9.17) is 15.2 Å². The van der Waals surface area contributed by atoms with E-state index in [2.05, 4.69) is 20.8 Å². The van der Waals surface area contributed by atoms with E-state index >= 15 is 0 Å². The third-order valence-corrected chi connectivity index (χ3v) is 3.34. The number of hydrogen-bond donors (Lipinski definition) is 1. The fourth-order valence-electron chi connectivity index (χ4n) is 2.03. The predicted octanol–water partition coefficient (Wildman–Crippen LogP) is 1.72. The Morgan fingerprint density at radius 3 is 2.47 bits per heavy atom. The first-order chi connectivity index (χ1) is 7.93. The quantitative estimate of drug-likeness (QED) is 0.722. The molecular weight excluding hydrogens is 218 g/mol. The fourth-order valence-corrected chi connectivity index (χ4v) is 2.03. The van der Waals surface area contributed by atoms with Crippen molar-refractivity contribution in [1.29, 1.82) is 0 Å². The second-order valence-corrected chi connectivity index (χ2v) is 5.83. The average molecular weight is 243 g/mol. The SMILES string of the molecule is CC(C)(C)C(CCN)CCC(=O)OC1COC1. The molecular formula is C13H25NO3. The summed E-state index contributed by atoms with van der Waals surface area (Å²) >= 11 is 0. The van der Waals surface area contributed by atoms with E-state index < -0.39 is 0 Å². The minimum Gasteiger partial charge on any atom is -0.457 e. The lowest BCUT2D eigenvalue weighted by molar-refractivity contribution is -0.172. The monoisotopic (exact) mass is 243 g/mol.